The first kappa shape index (κ1) is 21.8. The van der Waals surface area contributed by atoms with Crippen molar-refractivity contribution < 1.29 is 27.6 Å². The number of rotatable bonds is 3. The molecule has 0 aliphatic carbocycles. The normalized spacial score (nSPS) is 10.6. The molecule has 0 bridgehead atoms. The smallest absolute Gasteiger partial charge is 0.315 e. The predicted octanol–water partition coefficient (Wildman–Crippen LogP) is 3.19. The maximum Gasteiger partial charge on any atom is 0.471 e. The van der Waals surface area contributed by atoms with Crippen molar-refractivity contribution >= 4 is 40.7 Å². The Hall–Kier alpha value is -3.45. The number of aromatic nitrogens is 2. The molecule has 0 aliphatic heterocycles. The van der Waals surface area contributed by atoms with E-state index in [-0.39, 0.29) is 28.1 Å². The Morgan fingerprint density at radius 3 is 2.38 bits per heavy atom. The summed E-state index contributed by atoms with van der Waals surface area (Å²) in [5.74, 6) is 2.01. The standard InChI is InChI=1S/C18H12ClF3N4O3/c1-9(27)12-8-14(19)25-13(16(12)26-17(29)18(20,21)22)4-3-11-5-6-23-15(7-11)24-10(2)28/h5-8H,1-2H3,(H,26,29)(H,23,24,28). The van der Waals surface area contributed by atoms with Crippen LogP contribution >= 0.6 is 11.6 Å². The molecule has 0 unspecified atom stereocenters. The van der Waals surface area contributed by atoms with E-state index in [1.54, 1.807) is 5.32 Å². The average Bonchev–Trinajstić information content (AvgIpc) is 2.60. The molecule has 2 N–H and O–H groups in total. The molecule has 0 radical (unpaired) electrons. The molecule has 11 heteroatoms. The maximum atomic E-state index is 12.7. The number of nitrogens with zero attached hydrogens (tertiary/aromatic N) is 2. The zero-order chi connectivity index (χ0) is 21.8. The summed E-state index contributed by atoms with van der Waals surface area (Å²) < 4.78 is 38.0. The van der Waals surface area contributed by atoms with Crippen molar-refractivity contribution in [1.29, 1.82) is 0 Å². The molecule has 2 aromatic rings. The van der Waals surface area contributed by atoms with Gasteiger partial charge in [-0.2, -0.15) is 13.2 Å². The third kappa shape index (κ3) is 6.02. The highest BCUT2D eigenvalue weighted by molar-refractivity contribution is 6.30. The Balaban J connectivity index is 2.53. The number of alkyl halides is 3. The quantitative estimate of drug-likeness (QED) is 0.447. The van der Waals surface area contributed by atoms with Crippen molar-refractivity contribution in [3.63, 3.8) is 0 Å². The minimum Gasteiger partial charge on any atom is -0.315 e. The van der Waals surface area contributed by atoms with Gasteiger partial charge in [0.1, 0.15) is 16.7 Å². The number of ketones is 1. The van der Waals surface area contributed by atoms with E-state index in [2.05, 4.69) is 27.1 Å². The van der Waals surface area contributed by atoms with Gasteiger partial charge in [0.15, 0.2) is 5.78 Å². The average molecular weight is 425 g/mol. The van der Waals surface area contributed by atoms with Crippen molar-refractivity contribution in [1.82, 2.24) is 9.97 Å². The van der Waals surface area contributed by atoms with Gasteiger partial charge < -0.3 is 10.6 Å². The Bertz CT molecular complexity index is 1060. The molecule has 0 aromatic carbocycles. The number of carbonyl (C=O) groups excluding carboxylic acids is 3. The number of hydrogen-bond donors (Lipinski definition) is 2. The molecule has 0 spiro atoms. The van der Waals surface area contributed by atoms with Gasteiger partial charge in [-0.05, 0) is 31.0 Å². The van der Waals surface area contributed by atoms with E-state index in [9.17, 15) is 27.6 Å². The highest BCUT2D eigenvalue weighted by Crippen LogP contribution is 2.26. The fraction of sp³-hybridized carbons (Fsp3) is 0.167. The van der Waals surface area contributed by atoms with Crippen LogP contribution in [0, 0.1) is 11.8 Å². The summed E-state index contributed by atoms with van der Waals surface area (Å²) in [5.41, 5.74) is -0.783. The molecule has 7 nitrogen and oxygen atoms in total. The summed E-state index contributed by atoms with van der Waals surface area (Å²) in [6.45, 7) is 2.38. The molecule has 0 fully saturated rings. The van der Waals surface area contributed by atoms with Crippen LogP contribution in [-0.2, 0) is 9.59 Å². The van der Waals surface area contributed by atoms with Crippen LogP contribution in [0.5, 0.6) is 0 Å². The summed E-state index contributed by atoms with van der Waals surface area (Å²) in [7, 11) is 0. The van der Waals surface area contributed by atoms with Gasteiger partial charge in [-0.25, -0.2) is 9.97 Å². The first-order valence-electron chi connectivity index (χ1n) is 7.82. The summed E-state index contributed by atoms with van der Waals surface area (Å²) in [6, 6.07) is 3.92. The molecule has 2 heterocycles. The molecule has 0 aliphatic rings. The molecule has 2 amide bonds. The SMILES string of the molecule is CC(=O)Nc1cc(C#Cc2nc(Cl)cc(C(C)=O)c2NC(=O)C(F)(F)F)ccn1. The lowest BCUT2D eigenvalue weighted by Crippen LogP contribution is -2.31. The highest BCUT2D eigenvalue weighted by atomic mass is 35.5. The molecular weight excluding hydrogens is 413 g/mol. The van der Waals surface area contributed by atoms with Gasteiger partial charge in [0, 0.05) is 24.2 Å². The second-order valence-electron chi connectivity index (χ2n) is 5.59. The minimum atomic E-state index is -5.18. The Labute approximate surface area is 167 Å². The predicted molar refractivity (Wildman–Crippen MR) is 98.5 cm³/mol. The third-order valence-corrected chi connectivity index (χ3v) is 3.45. The van der Waals surface area contributed by atoms with Crippen LogP contribution < -0.4 is 10.6 Å². The first-order valence-corrected chi connectivity index (χ1v) is 8.20. The summed E-state index contributed by atoms with van der Waals surface area (Å²) in [6.07, 6.45) is -3.83. The summed E-state index contributed by atoms with van der Waals surface area (Å²) in [4.78, 5) is 42.0. The van der Waals surface area contributed by atoms with Crippen LogP contribution in [0.3, 0.4) is 0 Å². The number of anilines is 2. The second kappa shape index (κ2) is 8.70. The molecule has 0 saturated heterocycles. The third-order valence-electron chi connectivity index (χ3n) is 3.25. The number of amides is 2. The van der Waals surface area contributed by atoms with E-state index in [4.69, 9.17) is 11.6 Å². The lowest BCUT2D eigenvalue weighted by molar-refractivity contribution is -0.167. The molecule has 2 rings (SSSR count). The van der Waals surface area contributed by atoms with Crippen LogP contribution in [-0.4, -0.2) is 33.7 Å². The van der Waals surface area contributed by atoms with E-state index >= 15 is 0 Å². The first-order chi connectivity index (χ1) is 13.5. The van der Waals surface area contributed by atoms with Gasteiger partial charge in [0.25, 0.3) is 0 Å². The molecular formula is C18H12ClF3N4O3. The number of hydrogen-bond acceptors (Lipinski definition) is 5. The van der Waals surface area contributed by atoms with Crippen LogP contribution in [0.15, 0.2) is 24.4 Å². The van der Waals surface area contributed by atoms with Gasteiger partial charge in [-0.1, -0.05) is 17.5 Å². The monoisotopic (exact) mass is 424 g/mol. The van der Waals surface area contributed by atoms with Crippen LogP contribution in [0.4, 0.5) is 24.7 Å². The summed E-state index contributed by atoms with van der Waals surface area (Å²) in [5, 5.41) is 3.88. The maximum absolute atomic E-state index is 12.7. The van der Waals surface area contributed by atoms with Gasteiger partial charge in [-0.3, -0.25) is 14.4 Å². The highest BCUT2D eigenvalue weighted by Gasteiger charge is 2.39. The molecule has 29 heavy (non-hydrogen) atoms. The van der Waals surface area contributed by atoms with E-state index < -0.39 is 23.6 Å². The van der Waals surface area contributed by atoms with E-state index in [1.807, 2.05) is 0 Å². The number of nitrogens with one attached hydrogen (secondary N) is 2. The Morgan fingerprint density at radius 1 is 1.10 bits per heavy atom. The molecule has 0 atom stereocenters. The Morgan fingerprint density at radius 2 is 1.79 bits per heavy atom. The van der Waals surface area contributed by atoms with Gasteiger partial charge in [0.2, 0.25) is 5.91 Å². The largest absolute Gasteiger partial charge is 0.471 e. The number of carbonyl (C=O) groups is 3. The van der Waals surface area contributed by atoms with Crippen molar-refractivity contribution in [3.05, 3.63) is 46.4 Å². The van der Waals surface area contributed by atoms with E-state index in [0.29, 0.717) is 5.56 Å². The fourth-order valence-electron chi connectivity index (χ4n) is 2.08. The van der Waals surface area contributed by atoms with E-state index in [1.165, 1.54) is 25.3 Å². The van der Waals surface area contributed by atoms with Crippen LogP contribution in [0.2, 0.25) is 5.15 Å². The second-order valence-corrected chi connectivity index (χ2v) is 5.97. The fourth-order valence-corrected chi connectivity index (χ4v) is 2.27. The van der Waals surface area contributed by atoms with Gasteiger partial charge in [0.05, 0.1) is 5.69 Å². The van der Waals surface area contributed by atoms with E-state index in [0.717, 1.165) is 13.0 Å². The number of Topliss-reactive ketones (excluding diaryl/α,β-unsaturated/α-hetero) is 1. The lowest BCUT2D eigenvalue weighted by atomic mass is 10.1. The van der Waals surface area contributed by atoms with Crippen molar-refractivity contribution in [2.45, 2.75) is 20.0 Å². The summed E-state index contributed by atoms with van der Waals surface area (Å²) >= 11 is 5.83. The molecule has 150 valence electrons. The zero-order valence-electron chi connectivity index (χ0n) is 14.9. The van der Waals surface area contributed by atoms with Crippen LogP contribution in [0.1, 0.15) is 35.5 Å². The lowest BCUT2D eigenvalue weighted by Gasteiger charge is -2.13. The minimum absolute atomic E-state index is 0.196. The van der Waals surface area contributed by atoms with Gasteiger partial charge >= 0.3 is 12.1 Å². The van der Waals surface area contributed by atoms with Gasteiger partial charge in [-0.15, -0.1) is 0 Å². The molecule has 2 aromatic heterocycles. The zero-order valence-corrected chi connectivity index (χ0v) is 15.7. The number of halogens is 4. The topological polar surface area (TPSA) is 101 Å². The van der Waals surface area contributed by atoms with Crippen molar-refractivity contribution in [3.8, 4) is 11.8 Å². The Kier molecular flexibility index (Phi) is 6.56. The van der Waals surface area contributed by atoms with Crippen molar-refractivity contribution in [2.75, 3.05) is 10.6 Å². The van der Waals surface area contributed by atoms with Crippen LogP contribution in [0.25, 0.3) is 0 Å². The number of pyridine rings is 2. The van der Waals surface area contributed by atoms with Crippen molar-refractivity contribution in [2.24, 2.45) is 0 Å². The molecule has 0 saturated carbocycles.